The van der Waals surface area contributed by atoms with E-state index in [1.165, 1.54) is 18.5 Å². The minimum atomic E-state index is -0.962. The summed E-state index contributed by atoms with van der Waals surface area (Å²) in [5.74, 6) is -1.93. The molecule has 32 heavy (non-hydrogen) atoms. The van der Waals surface area contributed by atoms with Crippen LogP contribution in [-0.4, -0.2) is 35.4 Å². The van der Waals surface area contributed by atoms with E-state index in [0.717, 1.165) is 36.1 Å². The van der Waals surface area contributed by atoms with E-state index < -0.39 is 23.1 Å². The summed E-state index contributed by atoms with van der Waals surface area (Å²) in [6.45, 7) is 0.00373. The summed E-state index contributed by atoms with van der Waals surface area (Å²) < 4.78 is 33.3. The summed E-state index contributed by atoms with van der Waals surface area (Å²) >= 11 is 0. The molecule has 0 saturated heterocycles. The highest BCUT2D eigenvalue weighted by Gasteiger charge is 2.31. The van der Waals surface area contributed by atoms with Gasteiger partial charge in [0, 0.05) is 12.6 Å². The Morgan fingerprint density at radius 2 is 1.91 bits per heavy atom. The summed E-state index contributed by atoms with van der Waals surface area (Å²) in [6.07, 6.45) is 4.91. The number of benzene rings is 2. The van der Waals surface area contributed by atoms with E-state index in [1.807, 2.05) is 12.1 Å². The lowest BCUT2D eigenvalue weighted by atomic mass is 9.98. The van der Waals surface area contributed by atoms with Gasteiger partial charge in [-0.2, -0.15) is 0 Å². The summed E-state index contributed by atoms with van der Waals surface area (Å²) in [6, 6.07) is 7.00. The van der Waals surface area contributed by atoms with Crippen molar-refractivity contribution in [1.29, 1.82) is 0 Å². The first-order valence-electron chi connectivity index (χ1n) is 10.1. The molecule has 162 valence electrons. The number of anilines is 2. The van der Waals surface area contributed by atoms with Crippen molar-refractivity contribution in [3.05, 3.63) is 65.5 Å². The Hall–Kier alpha value is -3.88. The van der Waals surface area contributed by atoms with Crippen molar-refractivity contribution in [1.82, 2.24) is 9.97 Å². The number of hydrogen-bond donors (Lipinski definition) is 1. The Morgan fingerprint density at radius 3 is 2.56 bits per heavy atom. The molecule has 2 aliphatic rings. The number of amides is 2. The highest BCUT2D eigenvalue weighted by Crippen LogP contribution is 2.48. The van der Waals surface area contributed by atoms with E-state index in [2.05, 4.69) is 15.3 Å². The number of ether oxygens (including phenoxy) is 1. The van der Waals surface area contributed by atoms with Crippen LogP contribution < -0.4 is 15.0 Å². The molecule has 2 amide bonds. The van der Waals surface area contributed by atoms with Crippen LogP contribution in [-0.2, 0) is 4.79 Å². The van der Waals surface area contributed by atoms with Gasteiger partial charge >= 0.3 is 0 Å². The number of carbonyl (C=O) groups excluding carboxylic acids is 2. The Bertz CT molecular complexity index is 1220. The number of hydrogen-bond acceptors (Lipinski definition) is 5. The van der Waals surface area contributed by atoms with Crippen LogP contribution in [0.2, 0.25) is 0 Å². The molecule has 0 atom stereocenters. The molecular formula is C23H18F2N4O3. The maximum absolute atomic E-state index is 13.8. The number of nitrogens with one attached hydrogen (secondary N) is 1. The molecule has 0 unspecified atom stereocenters. The van der Waals surface area contributed by atoms with E-state index in [0.29, 0.717) is 23.0 Å². The van der Waals surface area contributed by atoms with Gasteiger partial charge in [0.1, 0.15) is 22.9 Å². The van der Waals surface area contributed by atoms with Crippen LogP contribution in [0.25, 0.3) is 11.3 Å². The molecule has 3 aromatic rings. The number of carbonyl (C=O) groups is 2. The molecule has 2 heterocycles. The van der Waals surface area contributed by atoms with Crippen LogP contribution in [0.5, 0.6) is 5.75 Å². The number of nitrogens with zero attached hydrogens (tertiary/aromatic N) is 3. The molecule has 5 rings (SSSR count). The zero-order valence-corrected chi connectivity index (χ0v) is 17.1. The second kappa shape index (κ2) is 7.67. The van der Waals surface area contributed by atoms with Gasteiger partial charge in [-0.25, -0.2) is 13.8 Å². The minimum absolute atomic E-state index is 0.00373. The highest BCUT2D eigenvalue weighted by molar-refractivity contribution is 6.04. The van der Waals surface area contributed by atoms with Crippen LogP contribution in [0.15, 0.2) is 42.7 Å². The predicted octanol–water partition coefficient (Wildman–Crippen LogP) is 3.91. The third-order valence-corrected chi connectivity index (χ3v) is 5.59. The van der Waals surface area contributed by atoms with E-state index in [1.54, 1.807) is 11.9 Å². The Labute approximate surface area is 182 Å². The van der Waals surface area contributed by atoms with Gasteiger partial charge in [-0.05, 0) is 48.6 Å². The fourth-order valence-electron chi connectivity index (χ4n) is 3.71. The molecule has 1 saturated carbocycles. The Balaban J connectivity index is 1.45. The normalized spacial score (nSPS) is 15.2. The molecule has 9 heteroatoms. The molecule has 1 aliphatic carbocycles. The molecule has 1 N–H and O–H groups in total. The number of halogens is 2. The second-order valence-corrected chi connectivity index (χ2v) is 7.76. The smallest absolute Gasteiger partial charge is 0.264 e. The van der Waals surface area contributed by atoms with Gasteiger partial charge in [-0.3, -0.25) is 14.6 Å². The van der Waals surface area contributed by atoms with Gasteiger partial charge in [-0.15, -0.1) is 0 Å². The summed E-state index contributed by atoms with van der Waals surface area (Å²) in [4.78, 5) is 34.4. The van der Waals surface area contributed by atoms with Gasteiger partial charge in [0.25, 0.3) is 11.8 Å². The first-order valence-corrected chi connectivity index (χ1v) is 10.1. The molecule has 0 spiro atoms. The maximum atomic E-state index is 13.8. The molecule has 7 nitrogen and oxygen atoms in total. The molecule has 0 radical (unpaired) electrons. The highest BCUT2D eigenvalue weighted by atomic mass is 19.1. The van der Waals surface area contributed by atoms with Crippen LogP contribution in [0.4, 0.5) is 20.3 Å². The van der Waals surface area contributed by atoms with Gasteiger partial charge in [0.2, 0.25) is 0 Å². The lowest BCUT2D eigenvalue weighted by Gasteiger charge is -2.27. The van der Waals surface area contributed by atoms with E-state index in [9.17, 15) is 18.4 Å². The lowest BCUT2D eigenvalue weighted by molar-refractivity contribution is -0.120. The first-order chi connectivity index (χ1) is 15.4. The van der Waals surface area contributed by atoms with E-state index in [4.69, 9.17) is 4.74 Å². The average Bonchev–Trinajstić information content (AvgIpc) is 3.62. The quantitative estimate of drug-likeness (QED) is 0.671. The maximum Gasteiger partial charge on any atom is 0.264 e. The lowest BCUT2D eigenvalue weighted by Crippen LogP contribution is -2.35. The number of likely N-dealkylation sites (N-methyl/N-ethyl adjacent to an activating group) is 1. The van der Waals surface area contributed by atoms with Gasteiger partial charge in [0.05, 0.1) is 23.8 Å². The monoisotopic (exact) mass is 436 g/mol. The predicted molar refractivity (Wildman–Crippen MR) is 113 cm³/mol. The largest absolute Gasteiger partial charge is 0.482 e. The SMILES string of the molecule is CN1C(=O)COc2cc(C3CC3)c(-c3cnc(NC(=O)c4c(F)cccc4F)cn3)cc21. The molecule has 0 bridgehead atoms. The second-order valence-electron chi connectivity index (χ2n) is 7.76. The fourth-order valence-corrected chi connectivity index (χ4v) is 3.71. The number of fused-ring (bicyclic) bond motifs is 1. The molecule has 1 aliphatic heterocycles. The van der Waals surface area contributed by atoms with Crippen molar-refractivity contribution in [2.24, 2.45) is 0 Å². The van der Waals surface area contributed by atoms with Crippen molar-refractivity contribution in [3.8, 4) is 17.0 Å². The third-order valence-electron chi connectivity index (χ3n) is 5.59. The zero-order valence-electron chi connectivity index (χ0n) is 17.1. The molecule has 2 aromatic carbocycles. The average molecular weight is 436 g/mol. The van der Waals surface area contributed by atoms with Crippen molar-refractivity contribution >= 4 is 23.3 Å². The van der Waals surface area contributed by atoms with Crippen LogP contribution in [0, 0.1) is 11.6 Å². The van der Waals surface area contributed by atoms with Crippen molar-refractivity contribution in [2.45, 2.75) is 18.8 Å². The van der Waals surface area contributed by atoms with Crippen molar-refractivity contribution in [2.75, 3.05) is 23.9 Å². The van der Waals surface area contributed by atoms with Crippen molar-refractivity contribution < 1.29 is 23.1 Å². The third kappa shape index (κ3) is 3.55. The van der Waals surface area contributed by atoms with Crippen LogP contribution in [0.3, 0.4) is 0 Å². The van der Waals surface area contributed by atoms with Gasteiger partial charge in [-0.1, -0.05) is 6.07 Å². The van der Waals surface area contributed by atoms with E-state index >= 15 is 0 Å². The Kier molecular flexibility index (Phi) is 4.80. The summed E-state index contributed by atoms with van der Waals surface area (Å²) in [5.41, 5.74) is 2.40. The summed E-state index contributed by atoms with van der Waals surface area (Å²) in [5, 5.41) is 2.37. The minimum Gasteiger partial charge on any atom is -0.482 e. The molecular weight excluding hydrogens is 418 g/mol. The standard InChI is InChI=1S/C23H18F2N4O3/c1-29-18-7-14(13(12-5-6-12)8-19(18)32-11-21(29)30)17-9-27-20(10-26-17)28-23(31)22-15(24)3-2-4-16(22)25/h2-4,7-10,12H,5-6,11H2,1H3,(H,27,28,31). The first kappa shape index (κ1) is 20.0. The number of rotatable bonds is 4. The topological polar surface area (TPSA) is 84.4 Å². The Morgan fingerprint density at radius 1 is 1.16 bits per heavy atom. The number of aromatic nitrogens is 2. The molecule has 1 fully saturated rings. The molecule has 1 aromatic heterocycles. The fraction of sp³-hybridized carbons (Fsp3) is 0.217. The van der Waals surface area contributed by atoms with Crippen LogP contribution >= 0.6 is 0 Å². The summed E-state index contributed by atoms with van der Waals surface area (Å²) in [7, 11) is 1.69. The zero-order chi connectivity index (χ0) is 22.4. The van der Waals surface area contributed by atoms with Gasteiger partial charge in [0.15, 0.2) is 12.4 Å². The van der Waals surface area contributed by atoms with E-state index in [-0.39, 0.29) is 18.3 Å². The van der Waals surface area contributed by atoms with Gasteiger partial charge < -0.3 is 15.0 Å². The van der Waals surface area contributed by atoms with Crippen LogP contribution in [0.1, 0.15) is 34.7 Å². The van der Waals surface area contributed by atoms with Crippen molar-refractivity contribution in [3.63, 3.8) is 0 Å².